The molecule has 0 aliphatic heterocycles. The van der Waals surface area contributed by atoms with E-state index in [1.165, 1.54) is 0 Å². The van der Waals surface area contributed by atoms with Crippen LogP contribution in [0.15, 0.2) is 45.3 Å². The summed E-state index contributed by atoms with van der Waals surface area (Å²) in [5, 5.41) is 2.97. The first-order chi connectivity index (χ1) is 14.6. The molecule has 0 fully saturated rings. The van der Waals surface area contributed by atoms with Gasteiger partial charge in [0.25, 0.3) is 5.91 Å². The molecular weight excluding hydrogens is 524 g/mol. The van der Waals surface area contributed by atoms with Crippen LogP contribution in [0.5, 0.6) is 5.75 Å². The predicted molar refractivity (Wildman–Crippen MR) is 131 cm³/mol. The van der Waals surface area contributed by atoms with E-state index in [0.29, 0.717) is 12.3 Å². The number of rotatable bonds is 9. The normalized spacial score (nSPS) is 12.7. The molecule has 168 valence electrons. The molecule has 31 heavy (non-hydrogen) atoms. The van der Waals surface area contributed by atoms with Gasteiger partial charge in [-0.3, -0.25) is 9.59 Å². The fraction of sp³-hybridized carbons (Fsp3) is 0.417. The van der Waals surface area contributed by atoms with E-state index in [9.17, 15) is 9.59 Å². The van der Waals surface area contributed by atoms with Crippen LogP contribution in [-0.4, -0.2) is 35.4 Å². The average molecular weight is 554 g/mol. The first-order valence-corrected chi connectivity index (χ1v) is 11.9. The Balaban J connectivity index is 2.19. The lowest BCUT2D eigenvalue weighted by Crippen LogP contribution is -2.50. The van der Waals surface area contributed by atoms with Crippen molar-refractivity contribution >= 4 is 43.7 Å². The van der Waals surface area contributed by atoms with Gasteiger partial charge in [0.05, 0.1) is 0 Å². The molecule has 0 aromatic heterocycles. The van der Waals surface area contributed by atoms with Crippen LogP contribution in [0.25, 0.3) is 0 Å². The molecule has 0 radical (unpaired) electrons. The number of hydrogen-bond acceptors (Lipinski definition) is 3. The summed E-state index contributed by atoms with van der Waals surface area (Å²) < 4.78 is 7.75. The summed E-state index contributed by atoms with van der Waals surface area (Å²) >= 11 is 7.01. The van der Waals surface area contributed by atoms with E-state index >= 15 is 0 Å². The van der Waals surface area contributed by atoms with E-state index in [1.807, 2.05) is 64.1 Å². The van der Waals surface area contributed by atoms with Crippen LogP contribution in [0, 0.1) is 13.8 Å². The van der Waals surface area contributed by atoms with Crippen LogP contribution in [0.2, 0.25) is 0 Å². The number of amides is 2. The van der Waals surface area contributed by atoms with Crippen LogP contribution in [0.1, 0.15) is 43.9 Å². The van der Waals surface area contributed by atoms with Crippen LogP contribution in [-0.2, 0) is 16.1 Å². The third-order valence-corrected chi connectivity index (χ3v) is 6.93. The van der Waals surface area contributed by atoms with Crippen molar-refractivity contribution in [1.82, 2.24) is 10.2 Å². The van der Waals surface area contributed by atoms with Gasteiger partial charge in [0.15, 0.2) is 6.61 Å². The molecule has 0 saturated carbocycles. The molecule has 2 rings (SSSR count). The zero-order valence-corrected chi connectivity index (χ0v) is 21.8. The number of nitrogens with zero attached hydrogens (tertiary/aromatic N) is 1. The minimum atomic E-state index is -0.627. The maximum absolute atomic E-state index is 13.1. The smallest absolute Gasteiger partial charge is 0.261 e. The van der Waals surface area contributed by atoms with Crippen molar-refractivity contribution in [2.45, 2.75) is 59.7 Å². The van der Waals surface area contributed by atoms with Gasteiger partial charge in [0.1, 0.15) is 11.8 Å². The second kappa shape index (κ2) is 11.7. The zero-order chi connectivity index (χ0) is 23.1. The van der Waals surface area contributed by atoms with Crippen molar-refractivity contribution in [3.63, 3.8) is 0 Å². The van der Waals surface area contributed by atoms with Gasteiger partial charge < -0.3 is 15.0 Å². The fourth-order valence-corrected chi connectivity index (χ4v) is 3.77. The van der Waals surface area contributed by atoms with Gasteiger partial charge in [0.2, 0.25) is 5.91 Å². The third-order valence-electron chi connectivity index (χ3n) is 5.18. The van der Waals surface area contributed by atoms with Gasteiger partial charge in [-0.25, -0.2) is 0 Å². The minimum Gasteiger partial charge on any atom is -0.484 e. The van der Waals surface area contributed by atoms with E-state index < -0.39 is 6.04 Å². The molecule has 0 aliphatic carbocycles. The molecule has 2 aromatic carbocycles. The number of hydrogen-bond donors (Lipinski definition) is 1. The van der Waals surface area contributed by atoms with Crippen LogP contribution < -0.4 is 10.1 Å². The summed E-state index contributed by atoms with van der Waals surface area (Å²) in [5.41, 5.74) is 3.01. The van der Waals surface area contributed by atoms with Crippen molar-refractivity contribution in [3.8, 4) is 5.75 Å². The van der Waals surface area contributed by atoms with E-state index in [0.717, 1.165) is 32.1 Å². The summed E-state index contributed by atoms with van der Waals surface area (Å²) in [5.74, 6) is 0.212. The Morgan fingerprint density at radius 2 is 1.74 bits per heavy atom. The molecular formula is C24H30Br2N2O3. The number of halogens is 2. The van der Waals surface area contributed by atoms with Crippen LogP contribution in [0.4, 0.5) is 0 Å². The second-order valence-electron chi connectivity index (χ2n) is 7.81. The third kappa shape index (κ3) is 7.35. The maximum Gasteiger partial charge on any atom is 0.261 e. The SMILES string of the molecule is CC[C@@H](C)NC(=O)[C@H](C)N(Cc1cccc(Br)c1)C(=O)COc1cc(C)c(Br)c(C)c1. The standard InChI is InChI=1S/C24H30Br2N2O3/c1-6-17(4)27-24(30)18(5)28(13-19-8-7-9-20(25)12-19)22(29)14-31-21-10-15(2)23(26)16(3)11-21/h7-12,17-18H,6,13-14H2,1-5H3,(H,27,30)/t17-,18+/m1/s1. The van der Waals surface area contributed by atoms with Crippen molar-refractivity contribution in [3.05, 3.63) is 62.0 Å². The number of carbonyl (C=O) groups excluding carboxylic acids is 2. The van der Waals surface area contributed by atoms with Gasteiger partial charge in [0, 0.05) is 21.5 Å². The Hall–Kier alpha value is -1.86. The molecule has 7 heteroatoms. The molecule has 2 atom stereocenters. The van der Waals surface area contributed by atoms with Crippen molar-refractivity contribution in [1.29, 1.82) is 0 Å². The van der Waals surface area contributed by atoms with E-state index in [4.69, 9.17) is 4.74 Å². The molecule has 2 amide bonds. The highest BCUT2D eigenvalue weighted by atomic mass is 79.9. The van der Waals surface area contributed by atoms with Crippen molar-refractivity contribution < 1.29 is 14.3 Å². The summed E-state index contributed by atoms with van der Waals surface area (Å²) in [6.45, 7) is 9.84. The van der Waals surface area contributed by atoms with Crippen molar-refractivity contribution in [2.75, 3.05) is 6.61 Å². The van der Waals surface area contributed by atoms with E-state index in [-0.39, 0.29) is 24.5 Å². The van der Waals surface area contributed by atoms with Crippen LogP contribution in [0.3, 0.4) is 0 Å². The quantitative estimate of drug-likeness (QED) is 0.443. The molecule has 0 unspecified atom stereocenters. The number of nitrogens with one attached hydrogen (secondary N) is 1. The first-order valence-electron chi connectivity index (χ1n) is 10.4. The van der Waals surface area contributed by atoms with Crippen LogP contribution >= 0.6 is 31.9 Å². The minimum absolute atomic E-state index is 0.0442. The molecule has 5 nitrogen and oxygen atoms in total. The molecule has 0 bridgehead atoms. The molecule has 0 spiro atoms. The lowest BCUT2D eigenvalue weighted by molar-refractivity contribution is -0.142. The van der Waals surface area contributed by atoms with E-state index in [2.05, 4.69) is 37.2 Å². The van der Waals surface area contributed by atoms with Gasteiger partial charge in [-0.2, -0.15) is 0 Å². The van der Waals surface area contributed by atoms with Gasteiger partial charge in [-0.1, -0.05) is 50.9 Å². The summed E-state index contributed by atoms with van der Waals surface area (Å²) in [6.07, 6.45) is 0.823. The zero-order valence-electron chi connectivity index (χ0n) is 18.7. The Labute approximate surface area is 201 Å². The average Bonchev–Trinajstić information content (AvgIpc) is 2.73. The first kappa shape index (κ1) is 25.4. The topological polar surface area (TPSA) is 58.6 Å². The lowest BCUT2D eigenvalue weighted by atomic mass is 10.1. The van der Waals surface area contributed by atoms with Crippen molar-refractivity contribution in [2.24, 2.45) is 0 Å². The Kier molecular flexibility index (Phi) is 9.56. The number of benzene rings is 2. The highest BCUT2D eigenvalue weighted by Crippen LogP contribution is 2.26. The lowest BCUT2D eigenvalue weighted by Gasteiger charge is -2.29. The largest absolute Gasteiger partial charge is 0.484 e. The molecule has 0 heterocycles. The molecule has 0 saturated heterocycles. The number of ether oxygens (including phenoxy) is 1. The number of carbonyl (C=O) groups is 2. The monoisotopic (exact) mass is 552 g/mol. The number of aryl methyl sites for hydroxylation is 2. The molecule has 0 aliphatic rings. The summed E-state index contributed by atoms with van der Waals surface area (Å²) in [4.78, 5) is 27.5. The highest BCUT2D eigenvalue weighted by molar-refractivity contribution is 9.10. The molecule has 1 N–H and O–H groups in total. The maximum atomic E-state index is 13.1. The predicted octanol–water partition coefficient (Wildman–Crippen LogP) is 5.54. The van der Waals surface area contributed by atoms with Gasteiger partial charge in [-0.05, 0) is 75.1 Å². The summed E-state index contributed by atoms with van der Waals surface area (Å²) in [7, 11) is 0. The highest BCUT2D eigenvalue weighted by Gasteiger charge is 2.27. The summed E-state index contributed by atoms with van der Waals surface area (Å²) in [6, 6.07) is 10.9. The van der Waals surface area contributed by atoms with Gasteiger partial charge >= 0.3 is 0 Å². The fourth-order valence-electron chi connectivity index (χ4n) is 3.10. The Bertz CT molecular complexity index is 910. The van der Waals surface area contributed by atoms with Gasteiger partial charge in [-0.15, -0.1) is 0 Å². The Morgan fingerprint density at radius 3 is 2.32 bits per heavy atom. The second-order valence-corrected chi connectivity index (χ2v) is 9.51. The van der Waals surface area contributed by atoms with E-state index in [1.54, 1.807) is 11.8 Å². The Morgan fingerprint density at radius 1 is 1.10 bits per heavy atom. The molecule has 2 aromatic rings.